The van der Waals surface area contributed by atoms with E-state index in [4.69, 9.17) is 20.4 Å². The zero-order valence-corrected chi connectivity index (χ0v) is 22.8. The molecule has 4 radical (unpaired) electrons. The molecule has 0 aromatic heterocycles. The highest BCUT2D eigenvalue weighted by Crippen LogP contribution is 2.34. The number of amides is 2. The summed E-state index contributed by atoms with van der Waals surface area (Å²) in [5.41, 5.74) is -4.44. The van der Waals surface area contributed by atoms with Crippen LogP contribution in [0.2, 0.25) is 0 Å². The van der Waals surface area contributed by atoms with Gasteiger partial charge in [-0.15, -0.1) is 0 Å². The lowest BCUT2D eigenvalue weighted by Gasteiger charge is -2.42. The molecule has 0 aliphatic carbocycles. The summed E-state index contributed by atoms with van der Waals surface area (Å²) in [5, 5.41) is 56.2. The number of morpholine rings is 1. The van der Waals surface area contributed by atoms with E-state index in [2.05, 4.69) is 17.2 Å². The van der Waals surface area contributed by atoms with Crippen LogP contribution in [0.1, 0.15) is 11.1 Å². The second kappa shape index (κ2) is 13.1. The van der Waals surface area contributed by atoms with Crippen molar-refractivity contribution in [2.24, 2.45) is 0 Å². The SMILES string of the molecule is [B]/C(C(=C)O)=C1\C(=O)N(C(C(=O)NC)C([B])(O)C(O)(O)C=O)C\C1=C(\O)NCc1cccc(CN2CCOCC2)c1F. The third-order valence-corrected chi connectivity index (χ3v) is 7.05. The average molecular weight is 584 g/mol. The molecule has 16 heteroatoms. The van der Waals surface area contributed by atoms with Crippen molar-refractivity contribution >= 4 is 33.8 Å². The van der Waals surface area contributed by atoms with Gasteiger partial charge in [0.2, 0.25) is 11.7 Å². The van der Waals surface area contributed by atoms with Crippen molar-refractivity contribution in [3.05, 3.63) is 70.0 Å². The maximum Gasteiger partial charge on any atom is 0.255 e. The predicted molar refractivity (Wildman–Crippen MR) is 147 cm³/mol. The lowest BCUT2D eigenvalue weighted by atomic mass is 9.68. The quantitative estimate of drug-likeness (QED) is 0.0487. The van der Waals surface area contributed by atoms with Crippen molar-refractivity contribution < 1.29 is 49.0 Å². The van der Waals surface area contributed by atoms with Gasteiger partial charge in [-0.3, -0.25) is 19.3 Å². The van der Waals surface area contributed by atoms with Crippen molar-refractivity contribution in [2.75, 3.05) is 39.9 Å². The van der Waals surface area contributed by atoms with Gasteiger partial charge in [-0.25, -0.2) is 4.39 Å². The van der Waals surface area contributed by atoms with Gasteiger partial charge in [-0.2, -0.15) is 0 Å². The molecular weight excluding hydrogens is 553 g/mol. The summed E-state index contributed by atoms with van der Waals surface area (Å²) < 4.78 is 20.6. The van der Waals surface area contributed by atoms with E-state index in [1.54, 1.807) is 12.1 Å². The first-order valence-electron chi connectivity index (χ1n) is 12.7. The highest BCUT2D eigenvalue weighted by Gasteiger charge is 2.57. The Morgan fingerprint density at radius 3 is 2.43 bits per heavy atom. The maximum atomic E-state index is 15.3. The van der Waals surface area contributed by atoms with E-state index in [0.29, 0.717) is 43.3 Å². The second-order valence-corrected chi connectivity index (χ2v) is 9.81. The topological polar surface area (TPSA) is 192 Å². The minimum Gasteiger partial charge on any atom is -0.509 e. The summed E-state index contributed by atoms with van der Waals surface area (Å²) in [6.07, 6.45) is -0.540. The Bertz CT molecular complexity index is 1310. The number of allylic oxidation sites excluding steroid dienone is 1. The molecule has 2 fully saturated rings. The molecule has 222 valence electrons. The average Bonchev–Trinajstić information content (AvgIpc) is 3.29. The number of nitrogens with one attached hydrogen (secondary N) is 2. The lowest BCUT2D eigenvalue weighted by Crippen LogP contribution is -2.71. The zero-order chi connectivity index (χ0) is 31.4. The molecule has 2 atom stereocenters. The summed E-state index contributed by atoms with van der Waals surface area (Å²) in [4.78, 5) is 40.0. The number of aliphatic hydroxyl groups excluding tert-OH is 2. The minimum absolute atomic E-state index is 0.162. The third-order valence-electron chi connectivity index (χ3n) is 7.05. The molecule has 13 nitrogen and oxygen atoms in total. The Kier molecular flexibility index (Phi) is 10.2. The largest absolute Gasteiger partial charge is 0.509 e. The Labute approximate surface area is 243 Å². The van der Waals surface area contributed by atoms with Crippen molar-refractivity contribution in [1.82, 2.24) is 20.4 Å². The molecule has 2 unspecified atom stereocenters. The molecule has 2 saturated heterocycles. The van der Waals surface area contributed by atoms with Crippen LogP contribution in [0.5, 0.6) is 0 Å². The van der Waals surface area contributed by atoms with Crippen LogP contribution in [0.25, 0.3) is 0 Å². The Hall–Kier alpha value is -3.69. The molecule has 7 N–H and O–H groups in total. The number of ether oxygens (including phenoxy) is 1. The summed E-state index contributed by atoms with van der Waals surface area (Å²) in [5.74, 6) is -8.19. The number of rotatable bonds is 11. The van der Waals surface area contributed by atoms with E-state index in [0.717, 1.165) is 7.05 Å². The number of hydrogen-bond donors (Lipinski definition) is 7. The molecule has 2 amide bonds. The molecule has 2 heterocycles. The molecule has 2 aliphatic heterocycles. The molecular formula is C26H31B2FN4O9. The summed E-state index contributed by atoms with van der Waals surface area (Å²) in [6, 6.07) is 2.42. The first-order valence-corrected chi connectivity index (χ1v) is 12.7. The molecule has 2 aliphatic rings. The Morgan fingerprint density at radius 2 is 1.86 bits per heavy atom. The number of likely N-dealkylation sites (tertiary alicyclic amines) is 1. The van der Waals surface area contributed by atoms with Crippen LogP contribution in [0, 0.1) is 5.82 Å². The summed E-state index contributed by atoms with van der Waals surface area (Å²) >= 11 is 0. The highest BCUT2D eigenvalue weighted by molar-refractivity contribution is 6.28. The van der Waals surface area contributed by atoms with Crippen LogP contribution >= 0.6 is 0 Å². The van der Waals surface area contributed by atoms with Gasteiger partial charge in [-0.1, -0.05) is 24.8 Å². The van der Waals surface area contributed by atoms with Crippen LogP contribution in [-0.2, 0) is 32.2 Å². The van der Waals surface area contributed by atoms with Crippen molar-refractivity contribution in [1.29, 1.82) is 0 Å². The van der Waals surface area contributed by atoms with Gasteiger partial charge in [0, 0.05) is 55.5 Å². The fourth-order valence-electron chi connectivity index (χ4n) is 4.61. The van der Waals surface area contributed by atoms with Crippen LogP contribution in [-0.4, -0.2) is 126 Å². The van der Waals surface area contributed by atoms with Gasteiger partial charge >= 0.3 is 0 Å². The van der Waals surface area contributed by atoms with E-state index < -0.39 is 70.5 Å². The molecule has 0 bridgehead atoms. The number of hydrogen-bond acceptors (Lipinski definition) is 11. The van der Waals surface area contributed by atoms with Gasteiger partial charge in [0.05, 0.1) is 19.8 Å². The summed E-state index contributed by atoms with van der Waals surface area (Å²) in [6.45, 7) is 4.92. The monoisotopic (exact) mass is 584 g/mol. The van der Waals surface area contributed by atoms with Crippen molar-refractivity contribution in [3.8, 4) is 0 Å². The number of carbonyl (C=O) groups excluding carboxylic acids is 3. The molecule has 1 aromatic carbocycles. The van der Waals surface area contributed by atoms with Crippen LogP contribution in [0.3, 0.4) is 0 Å². The predicted octanol–water partition coefficient (Wildman–Crippen LogP) is -2.29. The first kappa shape index (κ1) is 32.8. The number of aldehydes is 1. The van der Waals surface area contributed by atoms with E-state index in [9.17, 15) is 39.9 Å². The number of likely N-dealkylation sites (N-methyl/N-ethyl adjacent to an activating group) is 1. The van der Waals surface area contributed by atoms with E-state index in [-0.39, 0.29) is 17.7 Å². The smallest absolute Gasteiger partial charge is 0.255 e. The van der Waals surface area contributed by atoms with Gasteiger partial charge in [0.15, 0.2) is 12.2 Å². The number of aliphatic hydroxyl groups is 5. The normalized spacial score (nSPS) is 20.9. The fraction of sp³-hybridized carbons (Fsp3) is 0.423. The Morgan fingerprint density at radius 1 is 1.24 bits per heavy atom. The van der Waals surface area contributed by atoms with Crippen LogP contribution in [0.4, 0.5) is 4.39 Å². The van der Waals surface area contributed by atoms with E-state index >= 15 is 4.39 Å². The molecule has 1 aromatic rings. The lowest BCUT2D eigenvalue weighted by molar-refractivity contribution is -0.235. The van der Waals surface area contributed by atoms with Gasteiger partial charge in [0.25, 0.3) is 5.91 Å². The van der Waals surface area contributed by atoms with Gasteiger partial charge in [0.1, 0.15) is 38.8 Å². The fourth-order valence-corrected chi connectivity index (χ4v) is 4.61. The number of nitrogens with zero attached hydrogens (tertiary/aromatic N) is 2. The molecule has 3 rings (SSSR count). The van der Waals surface area contributed by atoms with E-state index in [1.807, 2.05) is 4.90 Å². The van der Waals surface area contributed by atoms with E-state index in [1.165, 1.54) is 6.07 Å². The summed E-state index contributed by atoms with van der Waals surface area (Å²) in [7, 11) is 12.6. The minimum atomic E-state index is -3.71. The molecule has 42 heavy (non-hydrogen) atoms. The van der Waals surface area contributed by atoms with Gasteiger partial charge in [-0.05, 0) is 5.47 Å². The zero-order valence-electron chi connectivity index (χ0n) is 22.8. The van der Waals surface area contributed by atoms with Crippen LogP contribution < -0.4 is 10.6 Å². The highest BCUT2D eigenvalue weighted by atomic mass is 19.1. The standard InChI is InChI=1S/C26H31B2FN4O9/c1-14(35)19(27)18-17(12-33(24(18)38)21(23(37)30-2)26(28,41)25(39,40)13-34)22(36)31-10-15-4-3-5-16(20(15)29)11-32-6-8-42-9-7-32/h3-5,13,21,31,35-36,39-41H,1,6-12H2,2H3,(H,30,37)/b19-18-,22-17-. The molecule has 0 saturated carbocycles. The Balaban J connectivity index is 1.98. The van der Waals surface area contributed by atoms with Crippen LogP contribution in [0.15, 0.2) is 53.0 Å². The number of benzene rings is 1. The van der Waals surface area contributed by atoms with Crippen molar-refractivity contribution in [2.45, 2.75) is 30.4 Å². The maximum absolute atomic E-state index is 15.3. The van der Waals surface area contributed by atoms with Crippen molar-refractivity contribution in [3.63, 3.8) is 0 Å². The number of halogens is 1. The second-order valence-electron chi connectivity index (χ2n) is 9.81. The van der Waals surface area contributed by atoms with Gasteiger partial charge < -0.3 is 45.8 Å². The first-order chi connectivity index (χ1) is 19.7. The molecule has 0 spiro atoms. The number of carbonyl (C=O) groups is 3. The third kappa shape index (κ3) is 6.52.